The molecule has 0 spiro atoms. The van der Waals surface area contributed by atoms with Crippen molar-refractivity contribution < 1.29 is 4.42 Å². The first-order valence-electron chi connectivity index (χ1n) is 5.67. The van der Waals surface area contributed by atoms with E-state index in [1.54, 1.807) is 4.57 Å². The van der Waals surface area contributed by atoms with Crippen LogP contribution < -0.4 is 5.76 Å². The highest BCUT2D eigenvalue weighted by Crippen LogP contribution is 2.18. The monoisotopic (exact) mass is 429 g/mol. The van der Waals surface area contributed by atoms with Crippen LogP contribution in [0.5, 0.6) is 0 Å². The van der Waals surface area contributed by atoms with Crippen molar-refractivity contribution in [2.75, 3.05) is 0 Å². The molecule has 0 bridgehead atoms. The summed E-state index contributed by atoms with van der Waals surface area (Å²) in [4.78, 5) is 11.9. The highest BCUT2D eigenvalue weighted by atomic mass is 127. The van der Waals surface area contributed by atoms with Gasteiger partial charge in [-0.2, -0.15) is 0 Å². The number of rotatable bonds is 2. The van der Waals surface area contributed by atoms with Gasteiger partial charge in [0.25, 0.3) is 0 Å². The molecule has 1 aromatic heterocycles. The minimum absolute atomic E-state index is 0.322. The van der Waals surface area contributed by atoms with Crippen molar-refractivity contribution >= 4 is 49.6 Å². The summed E-state index contributed by atoms with van der Waals surface area (Å²) < 4.78 is 8.98. The van der Waals surface area contributed by atoms with Crippen LogP contribution in [0, 0.1) is 3.57 Å². The summed E-state index contributed by atoms with van der Waals surface area (Å²) in [5.74, 6) is -0.322. The molecule has 0 saturated carbocycles. The Morgan fingerprint density at radius 2 is 2.05 bits per heavy atom. The number of oxazole rings is 1. The van der Waals surface area contributed by atoms with Gasteiger partial charge in [-0.1, -0.05) is 28.1 Å². The first-order chi connectivity index (χ1) is 9.13. The Morgan fingerprint density at radius 3 is 2.84 bits per heavy atom. The Labute approximate surface area is 131 Å². The van der Waals surface area contributed by atoms with Crippen molar-refractivity contribution in [1.29, 1.82) is 0 Å². The normalized spacial score (nSPS) is 11.1. The third-order valence-corrected chi connectivity index (χ3v) is 4.02. The standard InChI is InChI=1S/C14H9BrINO2/c15-10-3-1-2-9(6-10)8-17-12-7-11(16)4-5-13(12)19-14(17)18/h1-7H,8H2. The van der Waals surface area contributed by atoms with Gasteiger partial charge in [0.15, 0.2) is 5.58 Å². The maximum atomic E-state index is 11.9. The van der Waals surface area contributed by atoms with Gasteiger partial charge in [-0.25, -0.2) is 4.79 Å². The highest BCUT2D eigenvalue weighted by Gasteiger charge is 2.10. The van der Waals surface area contributed by atoms with Crippen molar-refractivity contribution in [2.24, 2.45) is 0 Å². The van der Waals surface area contributed by atoms with Crippen molar-refractivity contribution in [3.8, 4) is 0 Å². The first-order valence-corrected chi connectivity index (χ1v) is 7.54. The third kappa shape index (κ3) is 2.62. The summed E-state index contributed by atoms with van der Waals surface area (Å²) in [6.07, 6.45) is 0. The fourth-order valence-electron chi connectivity index (χ4n) is 2.00. The van der Waals surface area contributed by atoms with E-state index in [-0.39, 0.29) is 5.76 Å². The van der Waals surface area contributed by atoms with E-state index in [1.807, 2.05) is 42.5 Å². The van der Waals surface area contributed by atoms with Crippen LogP contribution in [0.2, 0.25) is 0 Å². The van der Waals surface area contributed by atoms with Gasteiger partial charge in [-0.15, -0.1) is 0 Å². The Balaban J connectivity index is 2.12. The van der Waals surface area contributed by atoms with E-state index in [4.69, 9.17) is 4.42 Å². The fraction of sp³-hybridized carbons (Fsp3) is 0.0714. The zero-order valence-electron chi connectivity index (χ0n) is 9.77. The average molecular weight is 430 g/mol. The van der Waals surface area contributed by atoms with E-state index in [1.165, 1.54) is 0 Å². The fourth-order valence-corrected chi connectivity index (χ4v) is 2.92. The lowest BCUT2D eigenvalue weighted by Crippen LogP contribution is -2.14. The van der Waals surface area contributed by atoms with Crippen LogP contribution in [-0.2, 0) is 6.54 Å². The van der Waals surface area contributed by atoms with Crippen LogP contribution in [0.3, 0.4) is 0 Å². The van der Waals surface area contributed by atoms with Crippen LogP contribution in [0.15, 0.2) is 56.1 Å². The van der Waals surface area contributed by atoms with Crippen LogP contribution in [0.4, 0.5) is 0 Å². The number of halogens is 2. The maximum absolute atomic E-state index is 11.9. The SMILES string of the molecule is O=c1oc2ccc(I)cc2n1Cc1cccc(Br)c1. The molecule has 19 heavy (non-hydrogen) atoms. The molecular formula is C14H9BrINO2. The smallest absolute Gasteiger partial charge is 0.408 e. The molecule has 0 aliphatic carbocycles. The minimum atomic E-state index is -0.322. The summed E-state index contributed by atoms with van der Waals surface area (Å²) in [5.41, 5.74) is 2.51. The largest absolute Gasteiger partial charge is 0.420 e. The van der Waals surface area contributed by atoms with E-state index in [0.717, 1.165) is 19.1 Å². The van der Waals surface area contributed by atoms with E-state index < -0.39 is 0 Å². The quantitative estimate of drug-likeness (QED) is 0.577. The van der Waals surface area contributed by atoms with Crippen LogP contribution in [0.25, 0.3) is 11.1 Å². The molecule has 0 N–H and O–H groups in total. The third-order valence-electron chi connectivity index (χ3n) is 2.86. The summed E-state index contributed by atoms with van der Waals surface area (Å²) in [7, 11) is 0. The number of fused-ring (bicyclic) bond motifs is 1. The first kappa shape index (κ1) is 12.9. The maximum Gasteiger partial charge on any atom is 0.420 e. The van der Waals surface area contributed by atoms with Gasteiger partial charge < -0.3 is 4.42 Å². The van der Waals surface area contributed by atoms with Gasteiger partial charge in [0.1, 0.15) is 0 Å². The summed E-state index contributed by atoms with van der Waals surface area (Å²) in [6, 6.07) is 13.6. The van der Waals surface area contributed by atoms with Gasteiger partial charge in [-0.05, 0) is 58.5 Å². The van der Waals surface area contributed by atoms with E-state index in [2.05, 4.69) is 38.5 Å². The topological polar surface area (TPSA) is 35.1 Å². The summed E-state index contributed by atoms with van der Waals surface area (Å²) >= 11 is 5.66. The molecule has 0 radical (unpaired) electrons. The van der Waals surface area contributed by atoms with E-state index >= 15 is 0 Å². The molecule has 2 aromatic carbocycles. The van der Waals surface area contributed by atoms with E-state index in [9.17, 15) is 4.79 Å². The average Bonchev–Trinajstić information content (AvgIpc) is 2.66. The molecule has 0 unspecified atom stereocenters. The zero-order valence-corrected chi connectivity index (χ0v) is 13.5. The summed E-state index contributed by atoms with van der Waals surface area (Å²) in [6.45, 7) is 0.505. The van der Waals surface area contributed by atoms with Gasteiger partial charge >= 0.3 is 5.76 Å². The molecule has 0 fully saturated rings. The molecule has 0 aliphatic rings. The highest BCUT2D eigenvalue weighted by molar-refractivity contribution is 14.1. The number of benzene rings is 2. The van der Waals surface area contributed by atoms with Crippen molar-refractivity contribution in [2.45, 2.75) is 6.54 Å². The van der Waals surface area contributed by atoms with Crippen molar-refractivity contribution in [1.82, 2.24) is 4.57 Å². The molecule has 0 amide bonds. The molecule has 0 atom stereocenters. The molecule has 3 nitrogen and oxygen atoms in total. The van der Waals surface area contributed by atoms with Crippen molar-refractivity contribution in [3.05, 3.63) is 66.6 Å². The number of hydrogen-bond donors (Lipinski definition) is 0. The Bertz CT molecular complexity index is 807. The molecule has 3 rings (SSSR count). The molecule has 1 heterocycles. The van der Waals surface area contributed by atoms with Gasteiger partial charge in [-0.3, -0.25) is 4.57 Å². The molecule has 96 valence electrons. The van der Waals surface area contributed by atoms with Crippen LogP contribution >= 0.6 is 38.5 Å². The molecule has 0 aliphatic heterocycles. The summed E-state index contributed by atoms with van der Waals surface area (Å²) in [5, 5.41) is 0. The molecular weight excluding hydrogens is 421 g/mol. The van der Waals surface area contributed by atoms with Crippen molar-refractivity contribution in [3.63, 3.8) is 0 Å². The lowest BCUT2D eigenvalue weighted by Gasteiger charge is -2.03. The Morgan fingerprint density at radius 1 is 1.21 bits per heavy atom. The molecule has 0 saturated heterocycles. The second-order valence-electron chi connectivity index (χ2n) is 4.20. The molecule has 3 aromatic rings. The van der Waals surface area contributed by atoms with Crippen LogP contribution in [-0.4, -0.2) is 4.57 Å². The Kier molecular flexibility index (Phi) is 3.49. The number of hydrogen-bond acceptors (Lipinski definition) is 2. The predicted molar refractivity (Wildman–Crippen MR) is 86.4 cm³/mol. The number of aromatic nitrogens is 1. The molecule has 5 heteroatoms. The van der Waals surface area contributed by atoms with Gasteiger partial charge in [0.05, 0.1) is 12.1 Å². The zero-order chi connectivity index (χ0) is 13.4. The minimum Gasteiger partial charge on any atom is -0.408 e. The van der Waals surface area contributed by atoms with Crippen LogP contribution in [0.1, 0.15) is 5.56 Å². The Hall–Kier alpha value is -1.08. The second-order valence-corrected chi connectivity index (χ2v) is 6.36. The second kappa shape index (κ2) is 5.13. The predicted octanol–water partition coefficient (Wildman–Crippen LogP) is 4.01. The number of nitrogens with zero attached hydrogens (tertiary/aromatic N) is 1. The van der Waals surface area contributed by atoms with Gasteiger partial charge in [0.2, 0.25) is 0 Å². The van der Waals surface area contributed by atoms with Gasteiger partial charge in [0, 0.05) is 8.04 Å². The lowest BCUT2D eigenvalue weighted by molar-refractivity contribution is 0.517. The lowest BCUT2D eigenvalue weighted by atomic mass is 10.2. The van der Waals surface area contributed by atoms with E-state index in [0.29, 0.717) is 12.1 Å².